The second-order valence-electron chi connectivity index (χ2n) is 8.93. The number of hydrogen-bond donors (Lipinski definition) is 1. The summed E-state index contributed by atoms with van der Waals surface area (Å²) in [6.45, 7) is 11.7. The van der Waals surface area contributed by atoms with Crippen molar-refractivity contribution in [2.75, 3.05) is 50.5 Å². The number of pyridine rings is 1. The predicted molar refractivity (Wildman–Crippen MR) is 127 cm³/mol. The molecule has 11 heteroatoms. The lowest BCUT2D eigenvalue weighted by Crippen LogP contribution is -2.49. The molecule has 2 saturated heterocycles. The van der Waals surface area contributed by atoms with Gasteiger partial charge in [0, 0.05) is 58.3 Å². The zero-order chi connectivity index (χ0) is 23.8. The Morgan fingerprint density at radius 1 is 1.18 bits per heavy atom. The highest BCUT2D eigenvalue weighted by molar-refractivity contribution is 7.86. The standard InChI is InChI=1S/C22H29N7O3S/c1-15-9-11-29(12-10-15)21-18(26-22(30)19-7-8-20(23-2)24-19)6-5-17(25-21)16-13-27(3)33(31,32)28(4)14-16/h5-6,8,15-16H,7,9-14H2,1,3-4H3,(H,26,30). The van der Waals surface area contributed by atoms with Gasteiger partial charge in [-0.15, -0.1) is 4.99 Å². The molecule has 1 amide bonds. The van der Waals surface area contributed by atoms with Gasteiger partial charge >= 0.3 is 0 Å². The van der Waals surface area contributed by atoms with Gasteiger partial charge in [0.05, 0.1) is 5.69 Å². The van der Waals surface area contributed by atoms with E-state index in [4.69, 9.17) is 11.6 Å². The lowest BCUT2D eigenvalue weighted by atomic mass is 9.99. The van der Waals surface area contributed by atoms with E-state index >= 15 is 0 Å². The molecule has 33 heavy (non-hydrogen) atoms. The molecular formula is C22H29N7O3S. The summed E-state index contributed by atoms with van der Waals surface area (Å²) in [6.07, 6.45) is 4.05. The van der Waals surface area contributed by atoms with Gasteiger partial charge in [-0.1, -0.05) is 19.6 Å². The Morgan fingerprint density at radius 2 is 1.85 bits per heavy atom. The quantitative estimate of drug-likeness (QED) is 0.678. The van der Waals surface area contributed by atoms with E-state index in [0.717, 1.165) is 31.6 Å². The van der Waals surface area contributed by atoms with Crippen molar-refractivity contribution in [3.05, 3.63) is 41.1 Å². The molecule has 0 spiro atoms. The van der Waals surface area contributed by atoms with Crippen LogP contribution in [0.2, 0.25) is 0 Å². The Hall–Kier alpha value is -2.81. The summed E-state index contributed by atoms with van der Waals surface area (Å²) in [7, 11) is -0.272. The third-order valence-electron chi connectivity index (χ3n) is 6.49. The summed E-state index contributed by atoms with van der Waals surface area (Å²) in [4.78, 5) is 27.3. The molecule has 0 aliphatic carbocycles. The number of anilines is 2. The van der Waals surface area contributed by atoms with Crippen LogP contribution in [0, 0.1) is 12.5 Å². The minimum atomic E-state index is -3.43. The number of piperidine rings is 1. The molecule has 0 atom stereocenters. The summed E-state index contributed by atoms with van der Waals surface area (Å²) < 4.78 is 27.3. The molecule has 3 aliphatic heterocycles. The number of hydrogen-bond acceptors (Lipinski definition) is 6. The van der Waals surface area contributed by atoms with Gasteiger partial charge in [-0.2, -0.15) is 17.0 Å². The third kappa shape index (κ3) is 4.78. The molecule has 3 aliphatic rings. The maximum Gasteiger partial charge on any atom is 0.294 e. The summed E-state index contributed by atoms with van der Waals surface area (Å²) in [5, 5.41) is 2.94. The second kappa shape index (κ2) is 9.21. The molecule has 0 bridgehead atoms. The Morgan fingerprint density at radius 3 is 2.45 bits per heavy atom. The van der Waals surface area contributed by atoms with Gasteiger partial charge in [0.2, 0.25) is 0 Å². The van der Waals surface area contributed by atoms with Crippen LogP contribution in [0.5, 0.6) is 0 Å². The first-order chi connectivity index (χ1) is 15.7. The normalized spacial score (nSPS) is 22.5. The molecule has 0 radical (unpaired) electrons. The highest BCUT2D eigenvalue weighted by Gasteiger charge is 2.35. The van der Waals surface area contributed by atoms with E-state index in [9.17, 15) is 13.2 Å². The van der Waals surface area contributed by atoms with Gasteiger partial charge in [-0.05, 0) is 30.9 Å². The van der Waals surface area contributed by atoms with Crippen LogP contribution in [-0.4, -0.2) is 73.9 Å². The summed E-state index contributed by atoms with van der Waals surface area (Å²) in [6, 6.07) is 3.70. The molecule has 4 heterocycles. The lowest BCUT2D eigenvalue weighted by molar-refractivity contribution is -0.110. The molecule has 0 saturated carbocycles. The predicted octanol–water partition coefficient (Wildman–Crippen LogP) is 2.07. The number of allylic oxidation sites excluding steroid dienone is 1. The van der Waals surface area contributed by atoms with Crippen LogP contribution in [0.25, 0.3) is 4.85 Å². The van der Waals surface area contributed by atoms with Gasteiger partial charge in [0.1, 0.15) is 0 Å². The highest BCUT2D eigenvalue weighted by atomic mass is 32.2. The van der Waals surface area contributed by atoms with Crippen LogP contribution >= 0.6 is 0 Å². The summed E-state index contributed by atoms with van der Waals surface area (Å²) >= 11 is 0. The Kier molecular flexibility index (Phi) is 6.52. The molecule has 0 aromatic carbocycles. The number of carbonyl (C=O) groups excluding carboxylic acids is 1. The van der Waals surface area contributed by atoms with E-state index in [2.05, 4.69) is 27.0 Å². The molecule has 1 aromatic rings. The highest BCUT2D eigenvalue weighted by Crippen LogP contribution is 2.32. The van der Waals surface area contributed by atoms with Crippen LogP contribution in [0.3, 0.4) is 0 Å². The van der Waals surface area contributed by atoms with Crippen LogP contribution in [0.4, 0.5) is 11.5 Å². The molecule has 1 N–H and O–H groups in total. The number of aromatic nitrogens is 1. The van der Waals surface area contributed by atoms with Crippen molar-refractivity contribution in [3.63, 3.8) is 0 Å². The SMILES string of the molecule is [C-]#[N+]C1=CCC(C(=O)Nc2ccc(C3CN(C)S(=O)(=O)N(C)C3)nc2N2CCC(C)CC2)=N1. The van der Waals surface area contributed by atoms with Crippen LogP contribution in [0.15, 0.2) is 29.0 Å². The topological polar surface area (TPSA) is 103 Å². The van der Waals surface area contributed by atoms with Crippen molar-refractivity contribution < 1.29 is 13.2 Å². The largest absolute Gasteiger partial charge is 0.361 e. The average molecular weight is 472 g/mol. The maximum atomic E-state index is 12.8. The number of nitrogens with one attached hydrogen (secondary N) is 1. The summed E-state index contributed by atoms with van der Waals surface area (Å²) in [5.74, 6) is 1.15. The van der Waals surface area contributed by atoms with Crippen LogP contribution in [-0.2, 0) is 15.0 Å². The fourth-order valence-electron chi connectivity index (χ4n) is 4.37. The van der Waals surface area contributed by atoms with Crippen molar-refractivity contribution in [2.45, 2.75) is 32.1 Å². The maximum absolute atomic E-state index is 12.8. The molecule has 10 nitrogen and oxygen atoms in total. The second-order valence-corrected chi connectivity index (χ2v) is 11.1. The summed E-state index contributed by atoms with van der Waals surface area (Å²) in [5.41, 5.74) is 1.71. The molecule has 4 rings (SSSR count). The van der Waals surface area contributed by atoms with Gasteiger partial charge < -0.3 is 15.1 Å². The van der Waals surface area contributed by atoms with Gasteiger partial charge in [-0.25, -0.2) is 4.98 Å². The molecular weight excluding hydrogens is 442 g/mol. The number of amides is 1. The molecule has 0 unspecified atom stereocenters. The van der Waals surface area contributed by atoms with Crippen molar-refractivity contribution >= 4 is 33.3 Å². The average Bonchev–Trinajstić information content (AvgIpc) is 3.28. The van der Waals surface area contributed by atoms with E-state index in [1.54, 1.807) is 20.2 Å². The fourth-order valence-corrected chi connectivity index (χ4v) is 5.58. The Balaban J connectivity index is 1.62. The zero-order valence-electron chi connectivity index (χ0n) is 19.2. The van der Waals surface area contributed by atoms with Crippen molar-refractivity contribution in [3.8, 4) is 0 Å². The first kappa shape index (κ1) is 23.4. The van der Waals surface area contributed by atoms with Gasteiger partial charge in [-0.3, -0.25) is 4.79 Å². The zero-order valence-corrected chi connectivity index (χ0v) is 20.0. The molecule has 176 valence electrons. The minimum absolute atomic E-state index is 0.0830. The number of likely N-dealkylation sites (N-methyl/N-ethyl adjacent to an activating group) is 2. The number of carbonyl (C=O) groups is 1. The Bertz CT molecular complexity index is 1130. The van der Waals surface area contributed by atoms with E-state index < -0.39 is 10.2 Å². The third-order valence-corrected chi connectivity index (χ3v) is 8.37. The number of rotatable bonds is 4. The smallest absolute Gasteiger partial charge is 0.294 e. The van der Waals surface area contributed by atoms with Crippen LogP contribution in [0.1, 0.15) is 37.8 Å². The van der Waals surface area contributed by atoms with Crippen molar-refractivity contribution in [2.24, 2.45) is 10.9 Å². The van der Waals surface area contributed by atoms with E-state index in [1.807, 2.05) is 12.1 Å². The minimum Gasteiger partial charge on any atom is -0.361 e. The van der Waals surface area contributed by atoms with Gasteiger partial charge in [0.15, 0.2) is 11.5 Å². The van der Waals surface area contributed by atoms with E-state index in [0.29, 0.717) is 42.6 Å². The van der Waals surface area contributed by atoms with Crippen LogP contribution < -0.4 is 10.2 Å². The van der Waals surface area contributed by atoms with Crippen molar-refractivity contribution in [1.29, 1.82) is 0 Å². The molecule has 2 fully saturated rings. The van der Waals surface area contributed by atoms with E-state index in [1.165, 1.54) is 8.61 Å². The van der Waals surface area contributed by atoms with E-state index in [-0.39, 0.29) is 17.6 Å². The first-order valence-electron chi connectivity index (χ1n) is 11.1. The van der Waals surface area contributed by atoms with Gasteiger partial charge in [0.25, 0.3) is 21.9 Å². The number of aliphatic imine (C=N–C) groups is 1. The fraction of sp³-hybridized carbons (Fsp3) is 0.545. The molecule has 1 aromatic heterocycles. The van der Waals surface area contributed by atoms with Crippen molar-refractivity contribution in [1.82, 2.24) is 13.6 Å². The monoisotopic (exact) mass is 471 g/mol. The number of nitrogens with zero attached hydrogens (tertiary/aromatic N) is 6. The lowest BCUT2D eigenvalue weighted by Gasteiger charge is -2.36. The Labute approximate surface area is 195 Å². The first-order valence-corrected chi connectivity index (χ1v) is 12.5.